The molecule has 0 saturated heterocycles. The van der Waals surface area contributed by atoms with Gasteiger partial charge in [-0.1, -0.05) is 0 Å². The van der Waals surface area contributed by atoms with Gasteiger partial charge < -0.3 is 9.47 Å². The van der Waals surface area contributed by atoms with Crippen molar-refractivity contribution in [3.8, 4) is 23.1 Å². The first kappa shape index (κ1) is 20.2. The third kappa shape index (κ3) is 3.49. The molecule has 0 aliphatic heterocycles. The van der Waals surface area contributed by atoms with Crippen molar-refractivity contribution in [2.45, 2.75) is 24.4 Å². The average Bonchev–Trinajstić information content (AvgIpc) is 3.45. The van der Waals surface area contributed by atoms with Crippen molar-refractivity contribution in [1.82, 2.24) is 29.5 Å². The second-order valence-corrected chi connectivity index (χ2v) is 7.38. The monoisotopic (exact) mass is 442 g/mol. The van der Waals surface area contributed by atoms with E-state index in [9.17, 15) is 13.2 Å². The fourth-order valence-corrected chi connectivity index (χ4v) is 3.78. The van der Waals surface area contributed by atoms with E-state index in [1.807, 2.05) is 6.07 Å². The van der Waals surface area contributed by atoms with Crippen LogP contribution >= 0.6 is 0 Å². The number of halogens is 3. The zero-order valence-corrected chi connectivity index (χ0v) is 17.0. The van der Waals surface area contributed by atoms with Gasteiger partial charge in [0.1, 0.15) is 0 Å². The molecule has 1 fully saturated rings. The zero-order valence-electron chi connectivity index (χ0n) is 17.0. The van der Waals surface area contributed by atoms with Crippen LogP contribution in [0.3, 0.4) is 0 Å². The van der Waals surface area contributed by atoms with Gasteiger partial charge in [0.25, 0.3) is 0 Å². The molecule has 1 aliphatic rings. The van der Waals surface area contributed by atoms with E-state index in [2.05, 4.69) is 25.0 Å². The SMILES string of the molecule is COc1ncc(-c2cc([C@H]3CC3c3ccc(C(F)(F)F)cn3)c3nccn3n2)c(OC)n1. The van der Waals surface area contributed by atoms with Gasteiger partial charge in [-0.05, 0) is 30.5 Å². The molecule has 32 heavy (non-hydrogen) atoms. The Morgan fingerprint density at radius 3 is 2.56 bits per heavy atom. The molecule has 0 bridgehead atoms. The summed E-state index contributed by atoms with van der Waals surface area (Å²) in [5.41, 5.74) is 2.63. The van der Waals surface area contributed by atoms with E-state index in [1.165, 1.54) is 20.3 Å². The van der Waals surface area contributed by atoms with E-state index in [0.717, 1.165) is 24.2 Å². The molecular weight excluding hydrogens is 425 g/mol. The van der Waals surface area contributed by atoms with Crippen LogP contribution in [0, 0.1) is 0 Å². The van der Waals surface area contributed by atoms with E-state index < -0.39 is 11.7 Å². The minimum atomic E-state index is -4.41. The van der Waals surface area contributed by atoms with Crippen molar-refractivity contribution in [3.63, 3.8) is 0 Å². The molecule has 8 nitrogen and oxygen atoms in total. The van der Waals surface area contributed by atoms with Crippen LogP contribution in [0.1, 0.15) is 35.1 Å². The maximum absolute atomic E-state index is 12.8. The highest BCUT2D eigenvalue weighted by Crippen LogP contribution is 2.55. The first-order valence-electron chi connectivity index (χ1n) is 9.72. The van der Waals surface area contributed by atoms with Crippen LogP contribution in [0.2, 0.25) is 0 Å². The third-order valence-electron chi connectivity index (χ3n) is 5.45. The molecule has 4 heterocycles. The summed E-state index contributed by atoms with van der Waals surface area (Å²) < 4.78 is 50.6. The number of pyridine rings is 1. The molecule has 1 unspecified atom stereocenters. The number of alkyl halides is 3. The third-order valence-corrected chi connectivity index (χ3v) is 5.45. The van der Waals surface area contributed by atoms with E-state index in [1.54, 1.807) is 23.1 Å². The summed E-state index contributed by atoms with van der Waals surface area (Å²) in [4.78, 5) is 16.8. The number of aromatic nitrogens is 6. The normalized spacial score (nSPS) is 18.0. The summed E-state index contributed by atoms with van der Waals surface area (Å²) in [7, 11) is 2.96. The average molecular weight is 442 g/mol. The summed E-state index contributed by atoms with van der Waals surface area (Å²) in [6, 6.07) is 4.58. The molecule has 0 aromatic carbocycles. The number of fused-ring (bicyclic) bond motifs is 1. The lowest BCUT2D eigenvalue weighted by atomic mass is 10.1. The Bertz CT molecular complexity index is 1290. The number of methoxy groups -OCH3 is 2. The topological polar surface area (TPSA) is 87.3 Å². The number of hydrogen-bond acceptors (Lipinski definition) is 7. The van der Waals surface area contributed by atoms with E-state index >= 15 is 0 Å². The summed E-state index contributed by atoms with van der Waals surface area (Å²) in [6.45, 7) is 0. The van der Waals surface area contributed by atoms with Crippen molar-refractivity contribution in [1.29, 1.82) is 0 Å². The van der Waals surface area contributed by atoms with Crippen molar-refractivity contribution in [2.75, 3.05) is 14.2 Å². The van der Waals surface area contributed by atoms with Gasteiger partial charge >= 0.3 is 12.2 Å². The molecule has 1 aliphatic carbocycles. The smallest absolute Gasteiger partial charge is 0.417 e. The lowest BCUT2D eigenvalue weighted by molar-refractivity contribution is -0.137. The predicted octanol–water partition coefficient (Wildman–Crippen LogP) is 3.89. The maximum atomic E-state index is 12.8. The number of ether oxygens (including phenoxy) is 2. The maximum Gasteiger partial charge on any atom is 0.417 e. The largest absolute Gasteiger partial charge is 0.480 e. The van der Waals surface area contributed by atoms with E-state index in [-0.39, 0.29) is 17.8 Å². The molecule has 1 saturated carbocycles. The quantitative estimate of drug-likeness (QED) is 0.463. The molecule has 4 aromatic heterocycles. The van der Waals surface area contributed by atoms with Crippen LogP contribution in [0.4, 0.5) is 13.2 Å². The Morgan fingerprint density at radius 1 is 1.03 bits per heavy atom. The van der Waals surface area contributed by atoms with Gasteiger partial charge in [-0.3, -0.25) is 4.98 Å². The number of rotatable bonds is 5. The molecule has 0 amide bonds. The first-order valence-corrected chi connectivity index (χ1v) is 9.72. The fraction of sp³-hybridized carbons (Fsp3) is 0.286. The van der Waals surface area contributed by atoms with Crippen LogP contribution in [-0.2, 0) is 6.18 Å². The molecule has 0 N–H and O–H groups in total. The standard InChI is InChI=1S/C21H17F3N6O2/c1-31-19-15(10-27-20(28-19)32-2)17-8-14(18-25-5-6-30(18)29-17)12-7-13(12)16-4-3-11(9-26-16)21(22,23)24/h3-6,8-10,12-13H,7H2,1-2H3/t12-,13?/m0/s1. The highest BCUT2D eigenvalue weighted by molar-refractivity contribution is 5.68. The predicted molar refractivity (Wildman–Crippen MR) is 106 cm³/mol. The van der Waals surface area contributed by atoms with E-state index in [4.69, 9.17) is 9.47 Å². The summed E-state index contributed by atoms with van der Waals surface area (Å²) in [5, 5.41) is 4.59. The van der Waals surface area contributed by atoms with E-state index in [0.29, 0.717) is 28.5 Å². The number of hydrogen-bond donors (Lipinski definition) is 0. The Labute approximate surface area is 180 Å². The highest BCUT2D eigenvalue weighted by Gasteiger charge is 2.43. The lowest BCUT2D eigenvalue weighted by Crippen LogP contribution is -2.06. The second-order valence-electron chi connectivity index (χ2n) is 7.38. The summed E-state index contributed by atoms with van der Waals surface area (Å²) >= 11 is 0. The molecule has 164 valence electrons. The number of imidazole rings is 1. The first-order chi connectivity index (χ1) is 15.4. The van der Waals surface area contributed by atoms with Crippen LogP contribution in [0.15, 0.2) is 43.0 Å². The molecular formula is C21H17F3N6O2. The minimum absolute atomic E-state index is 0.00190. The Morgan fingerprint density at radius 2 is 1.88 bits per heavy atom. The molecule has 2 atom stereocenters. The molecule has 4 aromatic rings. The molecule has 0 spiro atoms. The van der Waals surface area contributed by atoms with Crippen LogP contribution in [0.25, 0.3) is 16.9 Å². The van der Waals surface area contributed by atoms with Gasteiger partial charge in [0.15, 0.2) is 5.65 Å². The van der Waals surface area contributed by atoms with Gasteiger partial charge in [-0.2, -0.15) is 23.3 Å². The lowest BCUT2D eigenvalue weighted by Gasteiger charge is -2.11. The molecule has 11 heteroatoms. The van der Waals surface area contributed by atoms with Gasteiger partial charge in [-0.25, -0.2) is 14.5 Å². The van der Waals surface area contributed by atoms with Gasteiger partial charge in [0.05, 0.1) is 31.0 Å². The Kier molecular flexibility index (Phi) is 4.68. The highest BCUT2D eigenvalue weighted by atomic mass is 19.4. The van der Waals surface area contributed by atoms with Crippen LogP contribution < -0.4 is 9.47 Å². The molecule has 5 rings (SSSR count). The zero-order chi connectivity index (χ0) is 22.5. The second kappa shape index (κ2) is 7.43. The molecule has 0 radical (unpaired) electrons. The van der Waals surface area contributed by atoms with Crippen molar-refractivity contribution < 1.29 is 22.6 Å². The van der Waals surface area contributed by atoms with Gasteiger partial charge in [0, 0.05) is 42.0 Å². The minimum Gasteiger partial charge on any atom is -0.480 e. The summed E-state index contributed by atoms with van der Waals surface area (Å²) in [6.07, 6.45) is 2.17. The summed E-state index contributed by atoms with van der Waals surface area (Å²) in [5.74, 6) is 0.365. The Hall–Kier alpha value is -3.76. The van der Waals surface area contributed by atoms with Crippen molar-refractivity contribution in [2.24, 2.45) is 0 Å². The van der Waals surface area contributed by atoms with Crippen molar-refractivity contribution in [3.05, 3.63) is 59.8 Å². The fourth-order valence-electron chi connectivity index (χ4n) is 3.78. The van der Waals surface area contributed by atoms with Gasteiger partial charge in [-0.15, -0.1) is 0 Å². The number of nitrogens with zero attached hydrogens (tertiary/aromatic N) is 6. The van der Waals surface area contributed by atoms with Crippen LogP contribution in [-0.4, -0.2) is 43.8 Å². The Balaban J connectivity index is 1.52. The van der Waals surface area contributed by atoms with Crippen LogP contribution in [0.5, 0.6) is 11.9 Å². The van der Waals surface area contributed by atoms with Crippen molar-refractivity contribution >= 4 is 5.65 Å². The van der Waals surface area contributed by atoms with Gasteiger partial charge in [0.2, 0.25) is 5.88 Å².